The molecule has 31 heavy (non-hydrogen) atoms. The molecular formula is C20H26Cl2F3N5O. The lowest BCUT2D eigenvalue weighted by molar-refractivity contribution is -0.145. The summed E-state index contributed by atoms with van der Waals surface area (Å²) in [6.45, 7) is 3.15. The number of benzene rings is 1. The maximum Gasteiger partial charge on any atom is 0.453 e. The highest BCUT2D eigenvalue weighted by Gasteiger charge is 2.43. The highest BCUT2D eigenvalue weighted by molar-refractivity contribution is 5.91. The van der Waals surface area contributed by atoms with Crippen molar-refractivity contribution in [1.29, 1.82) is 0 Å². The number of nitrogens with two attached hydrogens (primary N) is 1. The quantitative estimate of drug-likeness (QED) is 0.727. The highest BCUT2D eigenvalue weighted by Crippen LogP contribution is 2.41. The summed E-state index contributed by atoms with van der Waals surface area (Å²) in [5, 5.41) is 3.45. The minimum absolute atomic E-state index is 0. The highest BCUT2D eigenvalue weighted by atomic mass is 35.5. The topological polar surface area (TPSA) is 77.0 Å². The van der Waals surface area contributed by atoms with E-state index in [1.54, 1.807) is 4.90 Å². The Balaban J connectivity index is 0.00000171. The fraction of sp³-hybridized carbons (Fsp3) is 0.550. The summed E-state index contributed by atoms with van der Waals surface area (Å²) < 4.78 is 39.7. The van der Waals surface area contributed by atoms with E-state index in [-0.39, 0.29) is 48.6 Å². The number of carbonyl (C=O) groups excluding carboxylic acids is 1. The van der Waals surface area contributed by atoms with Crippen LogP contribution in [0.4, 0.5) is 13.2 Å². The van der Waals surface area contributed by atoms with E-state index < -0.39 is 17.9 Å². The molecule has 2 aliphatic rings. The van der Waals surface area contributed by atoms with Gasteiger partial charge in [0, 0.05) is 24.5 Å². The number of fused-ring (bicyclic) bond motifs is 1. The Bertz CT molecular complexity index is 926. The summed E-state index contributed by atoms with van der Waals surface area (Å²) >= 11 is 0. The van der Waals surface area contributed by atoms with Crippen molar-refractivity contribution in [2.75, 3.05) is 13.1 Å². The Morgan fingerprint density at radius 3 is 2.45 bits per heavy atom. The summed E-state index contributed by atoms with van der Waals surface area (Å²) in [5.74, 6) is -1.95. The second kappa shape index (κ2) is 9.34. The molecule has 6 nitrogen and oxygen atoms in total. The number of aryl methyl sites for hydroxylation is 1. The molecule has 0 spiro atoms. The van der Waals surface area contributed by atoms with Gasteiger partial charge in [0.05, 0.1) is 6.54 Å². The third kappa shape index (κ3) is 4.68. The van der Waals surface area contributed by atoms with Gasteiger partial charge in [-0.2, -0.15) is 18.2 Å². The molecule has 0 unspecified atom stereocenters. The third-order valence-corrected chi connectivity index (χ3v) is 6.30. The smallest absolute Gasteiger partial charge is 0.331 e. The first kappa shape index (κ1) is 25.4. The van der Waals surface area contributed by atoms with E-state index in [0.29, 0.717) is 13.1 Å². The predicted octanol–water partition coefficient (Wildman–Crippen LogP) is 3.74. The lowest BCUT2D eigenvalue weighted by Crippen LogP contribution is -2.51. The van der Waals surface area contributed by atoms with Gasteiger partial charge in [-0.3, -0.25) is 4.79 Å². The number of alkyl halides is 3. The molecule has 2 N–H and O–H groups in total. The van der Waals surface area contributed by atoms with Gasteiger partial charge in [0.2, 0.25) is 5.82 Å². The number of hydrogen-bond donors (Lipinski definition) is 1. The first-order valence-corrected chi connectivity index (χ1v) is 9.84. The molecule has 172 valence electrons. The molecule has 4 rings (SSSR count). The predicted molar refractivity (Wildman–Crippen MR) is 115 cm³/mol. The van der Waals surface area contributed by atoms with Gasteiger partial charge in [-0.1, -0.05) is 29.8 Å². The second-order valence-electron chi connectivity index (χ2n) is 8.06. The van der Waals surface area contributed by atoms with Gasteiger partial charge in [-0.15, -0.1) is 29.9 Å². The molecule has 1 aromatic heterocycles. The molecular weight excluding hydrogens is 454 g/mol. The molecule has 0 radical (unpaired) electrons. The summed E-state index contributed by atoms with van der Waals surface area (Å²) in [4.78, 5) is 17.9. The number of aromatic nitrogens is 3. The van der Waals surface area contributed by atoms with Crippen molar-refractivity contribution in [2.24, 2.45) is 5.73 Å². The molecule has 0 saturated heterocycles. The van der Waals surface area contributed by atoms with Gasteiger partial charge in [-0.05, 0) is 38.2 Å². The van der Waals surface area contributed by atoms with E-state index in [1.165, 1.54) is 11.1 Å². The van der Waals surface area contributed by atoms with Crippen LogP contribution in [-0.4, -0.2) is 44.7 Å². The van der Waals surface area contributed by atoms with Crippen LogP contribution in [0.25, 0.3) is 0 Å². The van der Waals surface area contributed by atoms with E-state index in [4.69, 9.17) is 5.73 Å². The Kier molecular flexibility index (Phi) is 7.66. The van der Waals surface area contributed by atoms with Crippen molar-refractivity contribution >= 4 is 30.7 Å². The van der Waals surface area contributed by atoms with Crippen LogP contribution in [-0.2, 0) is 18.1 Å². The van der Waals surface area contributed by atoms with Crippen molar-refractivity contribution in [3.05, 3.63) is 47.0 Å². The second-order valence-corrected chi connectivity index (χ2v) is 8.06. The maximum atomic E-state index is 12.9. The number of rotatable bonds is 3. The molecule has 0 bridgehead atoms. The van der Waals surface area contributed by atoms with Crippen molar-refractivity contribution < 1.29 is 18.0 Å². The largest absolute Gasteiger partial charge is 0.453 e. The Morgan fingerprint density at radius 2 is 1.87 bits per heavy atom. The summed E-state index contributed by atoms with van der Waals surface area (Å²) in [6, 6.07) is 8.34. The van der Waals surface area contributed by atoms with E-state index in [2.05, 4.69) is 35.2 Å². The lowest BCUT2D eigenvalue weighted by Gasteiger charge is -2.44. The maximum absolute atomic E-state index is 12.9. The van der Waals surface area contributed by atoms with Gasteiger partial charge in [0.15, 0.2) is 0 Å². The molecule has 1 fully saturated rings. The average Bonchev–Trinajstić information content (AvgIpc) is 3.14. The molecule has 1 aromatic carbocycles. The standard InChI is InChI=1S/C20H24F3N5O.2ClH/c1-13-3-2-4-14(11-13)19(12-24)7-5-15(6-8-19)27-9-10-28-16(17(27)29)25-18(26-28)20(21,22)23;;/h2-4,11,15H,5-10,12,24H2,1H3;2*1H. The number of halogens is 5. The van der Waals surface area contributed by atoms with Gasteiger partial charge < -0.3 is 10.6 Å². The van der Waals surface area contributed by atoms with E-state index in [9.17, 15) is 18.0 Å². The van der Waals surface area contributed by atoms with E-state index >= 15 is 0 Å². The zero-order valence-corrected chi connectivity index (χ0v) is 18.7. The van der Waals surface area contributed by atoms with Gasteiger partial charge in [-0.25, -0.2) is 4.68 Å². The van der Waals surface area contributed by atoms with Crippen LogP contribution in [0.3, 0.4) is 0 Å². The minimum Gasteiger partial charge on any atom is -0.331 e. The van der Waals surface area contributed by atoms with Crippen LogP contribution in [0.5, 0.6) is 0 Å². The van der Waals surface area contributed by atoms with Crippen molar-refractivity contribution in [3.63, 3.8) is 0 Å². The zero-order valence-electron chi connectivity index (χ0n) is 17.1. The van der Waals surface area contributed by atoms with Crippen LogP contribution in [0.1, 0.15) is 53.3 Å². The molecule has 0 atom stereocenters. The number of hydrogen-bond acceptors (Lipinski definition) is 4. The van der Waals surface area contributed by atoms with Gasteiger partial charge in [0.1, 0.15) is 0 Å². The van der Waals surface area contributed by atoms with Gasteiger partial charge in [0.25, 0.3) is 11.7 Å². The molecule has 1 amide bonds. The SMILES string of the molecule is Cc1cccc(C2(CN)CCC(N3CCn4nc(C(F)(F)F)nc4C3=O)CC2)c1.Cl.Cl. The van der Waals surface area contributed by atoms with Gasteiger partial charge >= 0.3 is 6.18 Å². The van der Waals surface area contributed by atoms with E-state index in [1.807, 2.05) is 6.07 Å². The van der Waals surface area contributed by atoms with Crippen LogP contribution < -0.4 is 5.73 Å². The molecule has 2 heterocycles. The average molecular weight is 480 g/mol. The fourth-order valence-corrected chi connectivity index (χ4v) is 4.61. The molecule has 11 heteroatoms. The van der Waals surface area contributed by atoms with Crippen LogP contribution in [0.15, 0.2) is 24.3 Å². The van der Waals surface area contributed by atoms with Crippen LogP contribution in [0, 0.1) is 6.92 Å². The normalized spacial score (nSPS) is 23.6. The zero-order chi connectivity index (χ0) is 20.8. The first-order chi connectivity index (χ1) is 13.7. The summed E-state index contributed by atoms with van der Waals surface area (Å²) in [7, 11) is 0. The first-order valence-electron chi connectivity index (χ1n) is 9.84. The summed E-state index contributed by atoms with van der Waals surface area (Å²) in [6.07, 6.45) is -1.47. The molecule has 1 aliphatic carbocycles. The Labute approximate surface area is 191 Å². The Hall–Kier alpha value is -1.84. The number of amides is 1. The summed E-state index contributed by atoms with van der Waals surface area (Å²) in [5.41, 5.74) is 8.45. The van der Waals surface area contributed by atoms with E-state index in [0.717, 1.165) is 30.4 Å². The minimum atomic E-state index is -4.66. The molecule has 1 aliphatic heterocycles. The number of nitrogens with zero attached hydrogens (tertiary/aromatic N) is 4. The van der Waals surface area contributed by atoms with Crippen molar-refractivity contribution in [2.45, 2.75) is 56.8 Å². The number of carbonyl (C=O) groups is 1. The van der Waals surface area contributed by atoms with Crippen molar-refractivity contribution in [3.8, 4) is 0 Å². The molecule has 1 saturated carbocycles. The monoisotopic (exact) mass is 479 g/mol. The van der Waals surface area contributed by atoms with Crippen molar-refractivity contribution in [1.82, 2.24) is 19.7 Å². The van der Waals surface area contributed by atoms with Crippen LogP contribution >= 0.6 is 24.8 Å². The lowest BCUT2D eigenvalue weighted by atomic mass is 9.67. The molecule has 2 aromatic rings. The third-order valence-electron chi connectivity index (χ3n) is 6.30. The fourth-order valence-electron chi connectivity index (χ4n) is 4.61. The van der Waals surface area contributed by atoms with Crippen LogP contribution in [0.2, 0.25) is 0 Å². The Morgan fingerprint density at radius 1 is 1.19 bits per heavy atom.